The quantitative estimate of drug-likeness (QED) is 0.278. The zero-order valence-electron chi connectivity index (χ0n) is 18.4. The molecule has 3 aromatic rings. The largest absolute Gasteiger partial charge is 0.497 e. The summed E-state index contributed by atoms with van der Waals surface area (Å²) in [6.45, 7) is 0. The first-order valence-corrected chi connectivity index (χ1v) is 13.7. The highest BCUT2D eigenvalue weighted by molar-refractivity contribution is 7.92. The molecular weight excluding hydrogens is 518 g/mol. The standard InChI is InChI=1S/C20H21N5O7S3/c1-32-15-9-5-13(6-10-15)22-20-23-16(17(21)26)19(33-20)24-18(27)12-3-7-14(8-4-12)25(11-34(28)29)35(2,30)31/h3-10,34H,11H2,1-2H3,(H2,21,26)(H,22,23)(H,24,27). The molecule has 0 spiro atoms. The van der Waals surface area contributed by atoms with Gasteiger partial charge in [0.1, 0.15) is 16.6 Å². The van der Waals surface area contributed by atoms with Gasteiger partial charge in [0.05, 0.1) is 19.1 Å². The van der Waals surface area contributed by atoms with E-state index < -0.39 is 38.4 Å². The Morgan fingerprint density at radius 2 is 1.74 bits per heavy atom. The Labute approximate surface area is 206 Å². The summed E-state index contributed by atoms with van der Waals surface area (Å²) >= 11 is 0.993. The van der Waals surface area contributed by atoms with Crippen molar-refractivity contribution in [2.75, 3.05) is 34.2 Å². The number of primary amides is 1. The van der Waals surface area contributed by atoms with Crippen LogP contribution in [0.4, 0.5) is 21.5 Å². The number of thiol groups is 1. The summed E-state index contributed by atoms with van der Waals surface area (Å²) in [5.41, 5.74) is 6.13. The third-order valence-electron chi connectivity index (χ3n) is 4.49. The lowest BCUT2D eigenvalue weighted by Gasteiger charge is -2.19. The number of carbonyl (C=O) groups is 2. The minimum Gasteiger partial charge on any atom is -0.497 e. The van der Waals surface area contributed by atoms with Crippen molar-refractivity contribution in [3.8, 4) is 5.75 Å². The van der Waals surface area contributed by atoms with Gasteiger partial charge in [-0.1, -0.05) is 11.3 Å². The van der Waals surface area contributed by atoms with Gasteiger partial charge in [0.15, 0.2) is 21.5 Å². The van der Waals surface area contributed by atoms with Crippen molar-refractivity contribution < 1.29 is 31.2 Å². The Morgan fingerprint density at radius 3 is 2.26 bits per heavy atom. The number of amides is 2. The number of ether oxygens (including phenoxy) is 1. The van der Waals surface area contributed by atoms with E-state index in [2.05, 4.69) is 15.6 Å². The Balaban J connectivity index is 1.80. The van der Waals surface area contributed by atoms with E-state index in [9.17, 15) is 26.4 Å². The lowest BCUT2D eigenvalue weighted by Crippen LogP contribution is -2.31. The second-order valence-electron chi connectivity index (χ2n) is 7.00. The van der Waals surface area contributed by atoms with Crippen molar-refractivity contribution in [2.45, 2.75) is 0 Å². The maximum Gasteiger partial charge on any atom is 0.270 e. The lowest BCUT2D eigenvalue weighted by molar-refractivity contribution is 0.0997. The zero-order chi connectivity index (χ0) is 25.8. The van der Waals surface area contributed by atoms with Crippen LogP contribution < -0.4 is 25.4 Å². The molecule has 0 radical (unpaired) electrons. The first-order chi connectivity index (χ1) is 16.5. The molecule has 0 aliphatic rings. The molecule has 1 aromatic heterocycles. The van der Waals surface area contributed by atoms with E-state index in [4.69, 9.17) is 10.5 Å². The molecule has 0 fully saturated rings. The lowest BCUT2D eigenvalue weighted by atomic mass is 10.2. The number of nitrogens with one attached hydrogen (secondary N) is 2. The molecule has 4 N–H and O–H groups in total. The molecule has 12 nitrogen and oxygen atoms in total. The molecule has 0 aliphatic heterocycles. The minimum atomic E-state index is -3.86. The van der Waals surface area contributed by atoms with Crippen molar-refractivity contribution in [1.82, 2.24) is 4.98 Å². The highest BCUT2D eigenvalue weighted by atomic mass is 32.2. The normalized spacial score (nSPS) is 11.2. The van der Waals surface area contributed by atoms with E-state index in [0.717, 1.165) is 17.6 Å². The molecule has 0 saturated carbocycles. The number of thiazole rings is 1. The van der Waals surface area contributed by atoms with Crippen LogP contribution in [0.3, 0.4) is 0 Å². The molecule has 0 aliphatic carbocycles. The summed E-state index contributed by atoms with van der Waals surface area (Å²) in [7, 11) is -5.32. The van der Waals surface area contributed by atoms with Crippen LogP contribution in [-0.2, 0) is 20.7 Å². The fraction of sp³-hybridized carbons (Fsp3) is 0.150. The van der Waals surface area contributed by atoms with Gasteiger partial charge in [-0.2, -0.15) is 0 Å². The topological polar surface area (TPSA) is 178 Å². The predicted octanol–water partition coefficient (Wildman–Crippen LogP) is 1.58. The van der Waals surface area contributed by atoms with Crippen molar-refractivity contribution in [1.29, 1.82) is 0 Å². The van der Waals surface area contributed by atoms with Crippen LogP contribution in [-0.4, -0.2) is 52.9 Å². The number of methoxy groups -OCH3 is 1. The highest BCUT2D eigenvalue weighted by Gasteiger charge is 2.21. The van der Waals surface area contributed by atoms with E-state index in [1.54, 1.807) is 31.4 Å². The molecule has 0 saturated heterocycles. The van der Waals surface area contributed by atoms with Gasteiger partial charge >= 0.3 is 0 Å². The van der Waals surface area contributed by atoms with Gasteiger partial charge in [-0.25, -0.2) is 21.8 Å². The molecule has 186 valence electrons. The zero-order valence-corrected chi connectivity index (χ0v) is 20.9. The number of rotatable bonds is 10. The van der Waals surface area contributed by atoms with E-state index in [1.807, 2.05) is 0 Å². The third kappa shape index (κ3) is 6.68. The summed E-state index contributed by atoms with van der Waals surface area (Å²) in [5, 5.41) is 6.01. The summed E-state index contributed by atoms with van der Waals surface area (Å²) < 4.78 is 51.7. The maximum atomic E-state index is 12.7. The molecule has 35 heavy (non-hydrogen) atoms. The van der Waals surface area contributed by atoms with Gasteiger partial charge in [0.25, 0.3) is 11.8 Å². The third-order valence-corrected chi connectivity index (χ3v) is 7.22. The van der Waals surface area contributed by atoms with Gasteiger partial charge < -0.3 is 21.1 Å². The summed E-state index contributed by atoms with van der Waals surface area (Å²) in [6, 6.07) is 12.2. The fourth-order valence-corrected chi connectivity index (χ4v) is 5.75. The van der Waals surface area contributed by atoms with Crippen molar-refractivity contribution in [2.24, 2.45) is 5.73 Å². The van der Waals surface area contributed by atoms with Gasteiger partial charge in [-0.3, -0.25) is 13.9 Å². The number of carbonyl (C=O) groups excluding carboxylic acids is 2. The fourth-order valence-electron chi connectivity index (χ4n) is 2.86. The summed E-state index contributed by atoms with van der Waals surface area (Å²) in [5.74, 6) is -1.52. The Hall–Kier alpha value is -3.69. The molecule has 0 unspecified atom stereocenters. The van der Waals surface area contributed by atoms with Crippen molar-refractivity contribution in [3.05, 3.63) is 59.8 Å². The Kier molecular flexibility index (Phi) is 7.93. The number of nitrogens with two attached hydrogens (primary N) is 1. The Morgan fingerprint density at radius 1 is 1.11 bits per heavy atom. The minimum absolute atomic E-state index is 0.0739. The molecule has 0 bridgehead atoms. The SMILES string of the molecule is COc1ccc(Nc2nc(C(N)=O)c(NC(=O)c3ccc(N(C[SH](=O)=O)S(C)(=O)=O)cc3)s2)cc1. The van der Waals surface area contributed by atoms with Crippen LogP contribution in [0.5, 0.6) is 5.75 Å². The van der Waals surface area contributed by atoms with E-state index in [-0.39, 0.29) is 21.9 Å². The first kappa shape index (κ1) is 25.9. The average Bonchev–Trinajstić information content (AvgIpc) is 3.19. The number of hydrogen-bond donors (Lipinski definition) is 4. The van der Waals surface area contributed by atoms with E-state index >= 15 is 0 Å². The monoisotopic (exact) mass is 539 g/mol. The first-order valence-electron chi connectivity index (χ1n) is 9.70. The second kappa shape index (κ2) is 10.7. The van der Waals surface area contributed by atoms with Crippen LogP contribution >= 0.6 is 11.3 Å². The molecule has 2 amide bonds. The number of sulfonamides is 1. The summed E-state index contributed by atoms with van der Waals surface area (Å²) in [6.07, 6.45) is 0.874. The highest BCUT2D eigenvalue weighted by Crippen LogP contribution is 2.31. The summed E-state index contributed by atoms with van der Waals surface area (Å²) in [4.78, 5) is 28.7. The Bertz CT molecular complexity index is 1410. The van der Waals surface area contributed by atoms with Gasteiger partial charge in [0.2, 0.25) is 10.0 Å². The predicted molar refractivity (Wildman–Crippen MR) is 134 cm³/mol. The van der Waals surface area contributed by atoms with Crippen LogP contribution in [0, 0.1) is 0 Å². The van der Waals surface area contributed by atoms with Gasteiger partial charge in [-0.05, 0) is 48.5 Å². The molecule has 2 aromatic carbocycles. The molecule has 15 heteroatoms. The van der Waals surface area contributed by atoms with Crippen LogP contribution in [0.25, 0.3) is 0 Å². The maximum absolute atomic E-state index is 12.7. The van der Waals surface area contributed by atoms with Gasteiger partial charge in [-0.15, -0.1) is 0 Å². The molecular formula is C20H21N5O7S3. The van der Waals surface area contributed by atoms with Crippen LogP contribution in [0.1, 0.15) is 20.8 Å². The number of aromatic nitrogens is 1. The molecule has 1 heterocycles. The number of anilines is 4. The number of hydrogen-bond acceptors (Lipinski definition) is 10. The average molecular weight is 540 g/mol. The molecule has 0 atom stereocenters. The second-order valence-corrected chi connectivity index (χ2v) is 10.9. The number of nitrogens with zero attached hydrogens (tertiary/aromatic N) is 2. The van der Waals surface area contributed by atoms with Crippen LogP contribution in [0.15, 0.2) is 48.5 Å². The smallest absolute Gasteiger partial charge is 0.270 e. The van der Waals surface area contributed by atoms with Crippen molar-refractivity contribution >= 4 is 65.4 Å². The van der Waals surface area contributed by atoms with Crippen molar-refractivity contribution in [3.63, 3.8) is 0 Å². The van der Waals surface area contributed by atoms with Gasteiger partial charge in [0, 0.05) is 11.3 Å². The molecule has 3 rings (SSSR count). The van der Waals surface area contributed by atoms with E-state index in [1.165, 1.54) is 24.3 Å². The van der Waals surface area contributed by atoms with Crippen LogP contribution in [0.2, 0.25) is 0 Å². The number of benzene rings is 2. The van der Waals surface area contributed by atoms with E-state index in [0.29, 0.717) is 20.9 Å².